The number of rotatable bonds is 4. The molecule has 2 rings (SSSR count). The molecule has 2 aromatic rings. The highest BCUT2D eigenvalue weighted by atomic mass is 19.1. The molecule has 17 heavy (non-hydrogen) atoms. The number of hydrogen-bond donors (Lipinski definition) is 1. The zero-order valence-electron chi connectivity index (χ0n) is 10.8. The second kappa shape index (κ2) is 4.91. The molecule has 1 unspecified atom stereocenters. The number of benzene rings is 1. The molecular formula is C15H20FN. The van der Waals surface area contributed by atoms with Crippen LogP contribution in [0.2, 0.25) is 0 Å². The Morgan fingerprint density at radius 1 is 1.35 bits per heavy atom. The topological polar surface area (TPSA) is 15.8 Å². The van der Waals surface area contributed by atoms with Gasteiger partial charge in [0.2, 0.25) is 0 Å². The molecule has 0 bridgehead atoms. The zero-order chi connectivity index (χ0) is 12.4. The summed E-state index contributed by atoms with van der Waals surface area (Å²) in [5, 5.41) is 1.05. The van der Waals surface area contributed by atoms with E-state index >= 15 is 0 Å². The molecule has 1 nitrogen and oxygen atoms in total. The van der Waals surface area contributed by atoms with E-state index in [9.17, 15) is 4.39 Å². The number of aromatic amines is 1. The quantitative estimate of drug-likeness (QED) is 0.794. The Morgan fingerprint density at radius 2 is 2.12 bits per heavy atom. The van der Waals surface area contributed by atoms with Crippen LogP contribution in [0.1, 0.15) is 37.9 Å². The van der Waals surface area contributed by atoms with E-state index in [1.165, 1.54) is 30.2 Å². The summed E-state index contributed by atoms with van der Waals surface area (Å²) in [5.74, 6) is 0.578. The highest BCUT2D eigenvalue weighted by Gasteiger charge is 2.10. The molecule has 0 aliphatic carbocycles. The maximum absolute atomic E-state index is 13.3. The normalized spacial score (nSPS) is 13.2. The summed E-state index contributed by atoms with van der Waals surface area (Å²) >= 11 is 0. The summed E-state index contributed by atoms with van der Waals surface area (Å²) in [5.41, 5.74) is 3.50. The van der Waals surface area contributed by atoms with Crippen LogP contribution in [0.3, 0.4) is 0 Å². The van der Waals surface area contributed by atoms with E-state index in [-0.39, 0.29) is 5.82 Å². The van der Waals surface area contributed by atoms with Crippen molar-refractivity contribution in [3.05, 3.63) is 35.3 Å². The number of H-pyrrole nitrogens is 1. The van der Waals surface area contributed by atoms with Gasteiger partial charge in [0.15, 0.2) is 0 Å². The summed E-state index contributed by atoms with van der Waals surface area (Å²) in [6.45, 7) is 6.56. The molecule has 0 fully saturated rings. The van der Waals surface area contributed by atoms with E-state index in [4.69, 9.17) is 0 Å². The number of halogens is 1. The molecule has 1 N–H and O–H groups in total. The molecule has 0 aliphatic rings. The van der Waals surface area contributed by atoms with Gasteiger partial charge in [-0.25, -0.2) is 4.39 Å². The van der Waals surface area contributed by atoms with Crippen LogP contribution in [0.25, 0.3) is 10.9 Å². The van der Waals surface area contributed by atoms with Crippen molar-refractivity contribution in [3.8, 4) is 0 Å². The van der Waals surface area contributed by atoms with Crippen LogP contribution >= 0.6 is 0 Å². The molecule has 92 valence electrons. The first kappa shape index (κ1) is 12.2. The molecule has 0 radical (unpaired) electrons. The van der Waals surface area contributed by atoms with E-state index < -0.39 is 0 Å². The minimum Gasteiger partial charge on any atom is -0.358 e. The molecule has 0 saturated heterocycles. The number of aromatic nitrogens is 1. The van der Waals surface area contributed by atoms with Gasteiger partial charge in [0.05, 0.1) is 0 Å². The van der Waals surface area contributed by atoms with Crippen molar-refractivity contribution in [2.45, 2.75) is 40.0 Å². The largest absolute Gasteiger partial charge is 0.358 e. The van der Waals surface area contributed by atoms with Gasteiger partial charge >= 0.3 is 0 Å². The summed E-state index contributed by atoms with van der Waals surface area (Å²) < 4.78 is 13.3. The van der Waals surface area contributed by atoms with Gasteiger partial charge in [-0.2, -0.15) is 0 Å². The van der Waals surface area contributed by atoms with Crippen LogP contribution < -0.4 is 0 Å². The van der Waals surface area contributed by atoms with Gasteiger partial charge in [-0.05, 0) is 49.4 Å². The van der Waals surface area contributed by atoms with Crippen LogP contribution in [0.5, 0.6) is 0 Å². The fourth-order valence-electron chi connectivity index (χ4n) is 2.27. The van der Waals surface area contributed by atoms with E-state index in [0.717, 1.165) is 23.2 Å². The average Bonchev–Trinajstić information content (AvgIpc) is 2.61. The Hall–Kier alpha value is -1.31. The second-order valence-electron chi connectivity index (χ2n) is 4.97. The predicted molar refractivity (Wildman–Crippen MR) is 70.8 cm³/mol. The lowest BCUT2D eigenvalue weighted by atomic mass is 9.97. The number of nitrogens with one attached hydrogen (secondary N) is 1. The highest BCUT2D eigenvalue weighted by molar-refractivity contribution is 5.84. The molecule has 0 spiro atoms. The molecule has 0 aliphatic heterocycles. The van der Waals surface area contributed by atoms with Gasteiger partial charge in [-0.1, -0.05) is 20.3 Å². The predicted octanol–water partition coefficient (Wildman–Crippen LogP) is 4.59. The van der Waals surface area contributed by atoms with Gasteiger partial charge in [0.25, 0.3) is 0 Å². The highest BCUT2D eigenvalue weighted by Crippen LogP contribution is 2.25. The van der Waals surface area contributed by atoms with Crippen molar-refractivity contribution < 1.29 is 4.39 Å². The smallest absolute Gasteiger partial charge is 0.123 e. The van der Waals surface area contributed by atoms with Crippen LogP contribution in [0.4, 0.5) is 4.39 Å². The molecule has 0 amide bonds. The van der Waals surface area contributed by atoms with Gasteiger partial charge in [-0.15, -0.1) is 0 Å². The molecule has 0 saturated carbocycles. The Kier molecular flexibility index (Phi) is 3.51. The van der Waals surface area contributed by atoms with Crippen molar-refractivity contribution in [3.63, 3.8) is 0 Å². The first-order valence-electron chi connectivity index (χ1n) is 6.38. The Bertz CT molecular complexity index is 513. The lowest BCUT2D eigenvalue weighted by Crippen LogP contribution is -1.96. The Morgan fingerprint density at radius 3 is 2.82 bits per heavy atom. The number of aryl methyl sites for hydroxylation is 2. The molecule has 1 atom stereocenters. The van der Waals surface area contributed by atoms with Crippen molar-refractivity contribution in [1.82, 2.24) is 4.98 Å². The minimum absolute atomic E-state index is 0.152. The van der Waals surface area contributed by atoms with Crippen molar-refractivity contribution in [1.29, 1.82) is 0 Å². The SMILES string of the molecule is CCC(C)CCc1c(C)[nH]c2ccc(F)cc12. The third-order valence-corrected chi connectivity index (χ3v) is 3.67. The average molecular weight is 233 g/mol. The molecule has 1 aromatic carbocycles. The maximum atomic E-state index is 13.3. The molecular weight excluding hydrogens is 213 g/mol. The molecule has 1 heterocycles. The number of fused-ring (bicyclic) bond motifs is 1. The summed E-state index contributed by atoms with van der Waals surface area (Å²) in [6, 6.07) is 4.98. The third kappa shape index (κ3) is 2.51. The lowest BCUT2D eigenvalue weighted by molar-refractivity contribution is 0.517. The van der Waals surface area contributed by atoms with Crippen molar-refractivity contribution in [2.75, 3.05) is 0 Å². The van der Waals surface area contributed by atoms with Crippen LogP contribution in [-0.4, -0.2) is 4.98 Å². The fraction of sp³-hybridized carbons (Fsp3) is 0.467. The maximum Gasteiger partial charge on any atom is 0.123 e. The lowest BCUT2D eigenvalue weighted by Gasteiger charge is -2.08. The Balaban J connectivity index is 2.32. The van der Waals surface area contributed by atoms with E-state index in [2.05, 4.69) is 25.8 Å². The van der Waals surface area contributed by atoms with Crippen LogP contribution in [0, 0.1) is 18.7 Å². The van der Waals surface area contributed by atoms with Crippen molar-refractivity contribution >= 4 is 10.9 Å². The summed E-state index contributed by atoms with van der Waals surface area (Å²) in [6.07, 6.45) is 3.40. The van der Waals surface area contributed by atoms with E-state index in [1.807, 2.05) is 6.07 Å². The standard InChI is InChI=1S/C15H20FN/c1-4-10(2)5-7-13-11(3)17-15-8-6-12(16)9-14(13)15/h6,8-10,17H,4-5,7H2,1-3H3. The monoisotopic (exact) mass is 233 g/mol. The van der Waals surface area contributed by atoms with E-state index in [0.29, 0.717) is 0 Å². The number of hydrogen-bond acceptors (Lipinski definition) is 0. The van der Waals surface area contributed by atoms with Gasteiger partial charge in [-0.3, -0.25) is 0 Å². The van der Waals surface area contributed by atoms with Crippen LogP contribution in [0.15, 0.2) is 18.2 Å². The van der Waals surface area contributed by atoms with Gasteiger partial charge in [0.1, 0.15) is 5.82 Å². The summed E-state index contributed by atoms with van der Waals surface area (Å²) in [4.78, 5) is 3.33. The first-order valence-corrected chi connectivity index (χ1v) is 6.38. The molecule has 2 heteroatoms. The van der Waals surface area contributed by atoms with Gasteiger partial charge < -0.3 is 4.98 Å². The van der Waals surface area contributed by atoms with E-state index in [1.54, 1.807) is 6.07 Å². The Labute approximate surface area is 102 Å². The fourth-order valence-corrected chi connectivity index (χ4v) is 2.27. The zero-order valence-corrected chi connectivity index (χ0v) is 10.8. The van der Waals surface area contributed by atoms with Crippen molar-refractivity contribution in [2.24, 2.45) is 5.92 Å². The second-order valence-corrected chi connectivity index (χ2v) is 4.97. The van der Waals surface area contributed by atoms with Crippen LogP contribution in [-0.2, 0) is 6.42 Å². The third-order valence-electron chi connectivity index (χ3n) is 3.67. The minimum atomic E-state index is -0.152. The molecule has 1 aromatic heterocycles. The first-order chi connectivity index (χ1) is 8.11. The summed E-state index contributed by atoms with van der Waals surface area (Å²) in [7, 11) is 0. The van der Waals surface area contributed by atoms with Gasteiger partial charge in [0, 0.05) is 16.6 Å².